The van der Waals surface area contributed by atoms with Gasteiger partial charge in [0, 0.05) is 44.1 Å². The van der Waals surface area contributed by atoms with Gasteiger partial charge in [0.15, 0.2) is 17.5 Å². The molecule has 8 aromatic carbocycles. The van der Waals surface area contributed by atoms with Crippen molar-refractivity contribution in [1.29, 1.82) is 0 Å². The zero-order valence-electron chi connectivity index (χ0n) is 30.8. The molecule has 0 radical (unpaired) electrons. The molecule has 11 rings (SSSR count). The van der Waals surface area contributed by atoms with Gasteiger partial charge in [-0.15, -0.1) is 0 Å². The van der Waals surface area contributed by atoms with Crippen molar-refractivity contribution in [3.63, 3.8) is 0 Å². The van der Waals surface area contributed by atoms with Crippen molar-refractivity contribution in [2.24, 2.45) is 0 Å². The standard InChI is InChI=1S/C52H33N5/c1-4-16-34(17-5-1)43-33-45(35-18-6-2-7-19-35)53-49-44(32-38-22-10-11-23-40(38)48(43)49)52-55-50(36-20-8-3-9-21-36)54-51(56-52)37-28-30-39(31-29-37)57-46-26-14-12-24-41(46)42-25-13-15-27-47(42)57/h1-33H. The molecule has 0 unspecified atom stereocenters. The minimum atomic E-state index is 0.567. The van der Waals surface area contributed by atoms with Crippen LogP contribution in [0.5, 0.6) is 0 Å². The molecule has 11 aromatic rings. The number of hydrogen-bond acceptors (Lipinski definition) is 4. The van der Waals surface area contributed by atoms with Crippen LogP contribution in [0.4, 0.5) is 0 Å². The molecule has 5 nitrogen and oxygen atoms in total. The summed E-state index contributed by atoms with van der Waals surface area (Å²) in [6, 6.07) is 69.7. The minimum absolute atomic E-state index is 0.567. The minimum Gasteiger partial charge on any atom is -0.309 e. The molecule has 0 aliphatic rings. The first-order valence-electron chi connectivity index (χ1n) is 19.1. The summed E-state index contributed by atoms with van der Waals surface area (Å²) in [7, 11) is 0. The molecule has 0 saturated carbocycles. The number of benzene rings is 8. The summed E-state index contributed by atoms with van der Waals surface area (Å²) < 4.78 is 2.32. The Labute approximate surface area is 329 Å². The van der Waals surface area contributed by atoms with Crippen LogP contribution in [0.15, 0.2) is 200 Å². The molecule has 0 amide bonds. The molecule has 0 bridgehead atoms. The molecular weight excluding hydrogens is 695 g/mol. The van der Waals surface area contributed by atoms with Gasteiger partial charge in [-0.1, -0.05) is 152 Å². The summed E-state index contributed by atoms with van der Waals surface area (Å²) in [5.41, 5.74) is 11.1. The van der Waals surface area contributed by atoms with Crippen LogP contribution in [0, 0.1) is 0 Å². The van der Waals surface area contributed by atoms with Crippen LogP contribution in [-0.2, 0) is 0 Å². The van der Waals surface area contributed by atoms with E-state index in [0.29, 0.717) is 17.5 Å². The number of pyridine rings is 1. The first kappa shape index (κ1) is 32.7. The number of nitrogens with zero attached hydrogens (tertiary/aromatic N) is 5. The van der Waals surface area contributed by atoms with Crippen molar-refractivity contribution in [2.45, 2.75) is 0 Å². The highest BCUT2D eigenvalue weighted by atomic mass is 15.0. The lowest BCUT2D eigenvalue weighted by atomic mass is 9.92. The summed E-state index contributed by atoms with van der Waals surface area (Å²) in [6.07, 6.45) is 0. The quantitative estimate of drug-likeness (QED) is 0.160. The van der Waals surface area contributed by atoms with E-state index in [4.69, 9.17) is 19.9 Å². The van der Waals surface area contributed by atoms with Crippen molar-refractivity contribution in [3.05, 3.63) is 200 Å². The average Bonchev–Trinajstić information content (AvgIpc) is 3.63. The number of fused-ring (bicyclic) bond motifs is 6. The normalized spacial score (nSPS) is 11.5. The van der Waals surface area contributed by atoms with Gasteiger partial charge < -0.3 is 4.57 Å². The molecular formula is C52H33N5. The van der Waals surface area contributed by atoms with Crippen molar-refractivity contribution >= 4 is 43.5 Å². The lowest BCUT2D eigenvalue weighted by Crippen LogP contribution is -2.02. The van der Waals surface area contributed by atoms with Gasteiger partial charge in [-0.25, -0.2) is 19.9 Å². The van der Waals surface area contributed by atoms with E-state index < -0.39 is 0 Å². The Morgan fingerprint density at radius 3 is 1.46 bits per heavy atom. The van der Waals surface area contributed by atoms with Crippen LogP contribution in [0.2, 0.25) is 0 Å². The Kier molecular flexibility index (Phi) is 7.74. The molecule has 57 heavy (non-hydrogen) atoms. The fourth-order valence-electron chi connectivity index (χ4n) is 8.16. The van der Waals surface area contributed by atoms with E-state index >= 15 is 0 Å². The molecule has 266 valence electrons. The van der Waals surface area contributed by atoms with Crippen LogP contribution in [0.3, 0.4) is 0 Å². The zero-order valence-corrected chi connectivity index (χ0v) is 30.8. The van der Waals surface area contributed by atoms with E-state index in [1.54, 1.807) is 0 Å². The second-order valence-corrected chi connectivity index (χ2v) is 14.2. The van der Waals surface area contributed by atoms with E-state index in [2.05, 4.69) is 168 Å². The number of hydrogen-bond donors (Lipinski definition) is 0. The Balaban J connectivity index is 1.15. The van der Waals surface area contributed by atoms with Crippen LogP contribution in [-0.4, -0.2) is 24.5 Å². The lowest BCUT2D eigenvalue weighted by molar-refractivity contribution is 1.07. The smallest absolute Gasteiger partial charge is 0.166 e. The van der Waals surface area contributed by atoms with Gasteiger partial charge in [0.05, 0.1) is 22.2 Å². The summed E-state index contributed by atoms with van der Waals surface area (Å²) in [5.74, 6) is 1.76. The summed E-state index contributed by atoms with van der Waals surface area (Å²) in [6.45, 7) is 0. The number of para-hydroxylation sites is 2. The second-order valence-electron chi connectivity index (χ2n) is 14.2. The van der Waals surface area contributed by atoms with Crippen molar-refractivity contribution in [3.8, 4) is 62.2 Å². The molecule has 0 atom stereocenters. The molecule has 0 N–H and O–H groups in total. The maximum Gasteiger partial charge on any atom is 0.166 e. The first-order chi connectivity index (χ1) is 28.3. The molecule has 0 spiro atoms. The fraction of sp³-hybridized carbons (Fsp3) is 0. The number of aromatic nitrogens is 5. The zero-order chi connectivity index (χ0) is 37.7. The van der Waals surface area contributed by atoms with Crippen molar-refractivity contribution < 1.29 is 0 Å². The third-order valence-corrected chi connectivity index (χ3v) is 10.8. The molecule has 3 aromatic heterocycles. The average molecular weight is 728 g/mol. The van der Waals surface area contributed by atoms with Gasteiger partial charge in [0.25, 0.3) is 0 Å². The van der Waals surface area contributed by atoms with E-state index in [1.807, 2.05) is 36.4 Å². The number of rotatable bonds is 6. The summed E-state index contributed by atoms with van der Waals surface area (Å²) in [5, 5.41) is 5.74. The van der Waals surface area contributed by atoms with E-state index in [-0.39, 0.29) is 0 Å². The van der Waals surface area contributed by atoms with E-state index in [0.717, 1.165) is 66.4 Å². The van der Waals surface area contributed by atoms with Gasteiger partial charge in [-0.05, 0) is 70.4 Å². The third kappa shape index (κ3) is 5.64. The summed E-state index contributed by atoms with van der Waals surface area (Å²) in [4.78, 5) is 21.1. The second kappa shape index (κ2) is 13.5. The first-order valence-corrected chi connectivity index (χ1v) is 19.1. The fourth-order valence-corrected chi connectivity index (χ4v) is 8.16. The molecule has 0 saturated heterocycles. The Morgan fingerprint density at radius 1 is 0.333 bits per heavy atom. The van der Waals surface area contributed by atoms with Crippen LogP contribution < -0.4 is 0 Å². The Bertz CT molecular complexity index is 3210. The highest BCUT2D eigenvalue weighted by Crippen LogP contribution is 2.41. The maximum atomic E-state index is 5.45. The highest BCUT2D eigenvalue weighted by Gasteiger charge is 2.21. The van der Waals surface area contributed by atoms with E-state index in [9.17, 15) is 0 Å². The third-order valence-electron chi connectivity index (χ3n) is 10.8. The molecule has 0 fully saturated rings. The van der Waals surface area contributed by atoms with Crippen LogP contribution in [0.1, 0.15) is 0 Å². The maximum absolute atomic E-state index is 5.45. The largest absolute Gasteiger partial charge is 0.309 e. The lowest BCUT2D eigenvalue weighted by Gasteiger charge is -2.16. The monoisotopic (exact) mass is 727 g/mol. The Hall–Kier alpha value is -7.76. The summed E-state index contributed by atoms with van der Waals surface area (Å²) >= 11 is 0. The van der Waals surface area contributed by atoms with Crippen molar-refractivity contribution in [1.82, 2.24) is 24.5 Å². The Morgan fingerprint density at radius 2 is 0.825 bits per heavy atom. The molecule has 0 aliphatic heterocycles. The highest BCUT2D eigenvalue weighted by molar-refractivity contribution is 6.18. The predicted molar refractivity (Wildman–Crippen MR) is 234 cm³/mol. The SMILES string of the molecule is c1ccc(-c2cc(-c3ccccc3)c3c(n2)c(-c2nc(-c4ccccc4)nc(-c4ccc(-n5c6ccccc6c6ccccc65)cc4)n2)cc2ccccc23)cc1. The predicted octanol–water partition coefficient (Wildman–Crippen LogP) is 13.0. The topological polar surface area (TPSA) is 56.5 Å². The molecule has 5 heteroatoms. The van der Waals surface area contributed by atoms with Gasteiger partial charge in [0.1, 0.15) is 0 Å². The van der Waals surface area contributed by atoms with Gasteiger partial charge in [0.2, 0.25) is 0 Å². The van der Waals surface area contributed by atoms with Crippen LogP contribution >= 0.6 is 0 Å². The van der Waals surface area contributed by atoms with Gasteiger partial charge >= 0.3 is 0 Å². The van der Waals surface area contributed by atoms with E-state index in [1.165, 1.54) is 21.8 Å². The van der Waals surface area contributed by atoms with Gasteiger partial charge in [-0.3, -0.25) is 0 Å². The molecule has 3 heterocycles. The van der Waals surface area contributed by atoms with Gasteiger partial charge in [-0.2, -0.15) is 0 Å². The van der Waals surface area contributed by atoms with Crippen molar-refractivity contribution in [2.75, 3.05) is 0 Å². The van der Waals surface area contributed by atoms with Crippen LogP contribution in [0.25, 0.3) is 106 Å². The molecule has 0 aliphatic carbocycles.